The molecule has 0 bridgehead atoms. The molecule has 0 saturated carbocycles. The minimum Gasteiger partial charge on any atom is -0.553 e. The van der Waals surface area contributed by atoms with Crippen LogP contribution in [0.1, 0.15) is 11.1 Å². The molecule has 0 spiro atoms. The number of benzene rings is 2. The number of ether oxygens (including phenoxy) is 1. The van der Waals surface area contributed by atoms with Crippen LogP contribution in [-0.4, -0.2) is 16.9 Å². The fourth-order valence-corrected chi connectivity index (χ4v) is 2.36. The van der Waals surface area contributed by atoms with Crippen molar-refractivity contribution in [3.8, 4) is 22.9 Å². The number of nitrogens with zero attached hydrogens (tertiary/aromatic N) is 2. The van der Waals surface area contributed by atoms with E-state index in [0.29, 0.717) is 22.0 Å². The molecule has 1 heterocycles. The molecular formula is C17H14ClN2O3Y-. The molecule has 121 valence electrons. The minimum absolute atomic E-state index is 0. The smallest absolute Gasteiger partial charge is 0.442 e. The molecule has 3 rings (SSSR count). The topological polar surface area (TPSA) is 57.3 Å². The van der Waals surface area contributed by atoms with Crippen LogP contribution in [0.3, 0.4) is 0 Å². The van der Waals surface area contributed by atoms with Gasteiger partial charge in [0.25, 0.3) is 0 Å². The van der Waals surface area contributed by atoms with E-state index in [2.05, 4.69) is 11.2 Å². The van der Waals surface area contributed by atoms with Gasteiger partial charge in [0, 0.05) is 38.5 Å². The second-order valence-electron chi connectivity index (χ2n) is 5.12. The van der Waals surface area contributed by atoms with Gasteiger partial charge in [0.2, 0.25) is 5.89 Å². The van der Waals surface area contributed by atoms with Crippen molar-refractivity contribution in [2.45, 2.75) is 13.8 Å². The molecule has 2 aromatic carbocycles. The van der Waals surface area contributed by atoms with Gasteiger partial charge in [0.05, 0.1) is 12.8 Å². The van der Waals surface area contributed by atoms with Gasteiger partial charge in [-0.05, 0) is 42.7 Å². The second kappa shape index (κ2) is 7.64. The fraction of sp³-hybridized carbons (Fsp3) is 0.176. The van der Waals surface area contributed by atoms with Crippen molar-refractivity contribution < 1.29 is 41.9 Å². The molecule has 0 unspecified atom stereocenters. The zero-order valence-electron chi connectivity index (χ0n) is 13.5. The van der Waals surface area contributed by atoms with E-state index in [1.165, 1.54) is 11.8 Å². The van der Waals surface area contributed by atoms with Crippen LogP contribution in [-0.2, 0) is 32.7 Å². The number of methoxy groups -OCH3 is 1. The van der Waals surface area contributed by atoms with Crippen LogP contribution >= 0.6 is 11.6 Å². The van der Waals surface area contributed by atoms with Gasteiger partial charge in [0.1, 0.15) is 0 Å². The molecule has 0 fully saturated rings. The number of hydrogen-bond acceptors (Lipinski definition) is 4. The van der Waals surface area contributed by atoms with Crippen molar-refractivity contribution in [3.63, 3.8) is 0 Å². The Kier molecular flexibility index (Phi) is 6.02. The van der Waals surface area contributed by atoms with E-state index in [9.17, 15) is 4.79 Å². The van der Waals surface area contributed by atoms with E-state index >= 15 is 0 Å². The van der Waals surface area contributed by atoms with Crippen molar-refractivity contribution in [1.82, 2.24) is 9.78 Å². The van der Waals surface area contributed by atoms with E-state index in [4.69, 9.17) is 20.8 Å². The van der Waals surface area contributed by atoms with Crippen LogP contribution in [0.5, 0.6) is 5.75 Å². The van der Waals surface area contributed by atoms with Crippen LogP contribution in [0.4, 0.5) is 0 Å². The molecule has 24 heavy (non-hydrogen) atoms. The van der Waals surface area contributed by atoms with Crippen molar-refractivity contribution in [3.05, 3.63) is 63.1 Å². The molecule has 0 aliphatic heterocycles. The fourth-order valence-electron chi connectivity index (χ4n) is 2.20. The number of aromatic nitrogens is 2. The van der Waals surface area contributed by atoms with Crippen LogP contribution in [0.15, 0.2) is 39.5 Å². The summed E-state index contributed by atoms with van der Waals surface area (Å²) >= 11 is 5.96. The average Bonchev–Trinajstić information content (AvgIpc) is 2.92. The zero-order valence-corrected chi connectivity index (χ0v) is 17.1. The third kappa shape index (κ3) is 3.63. The monoisotopic (exact) mass is 418 g/mol. The van der Waals surface area contributed by atoms with E-state index < -0.39 is 5.76 Å². The number of aryl methyl sites for hydroxylation is 2. The molecule has 7 heteroatoms. The summed E-state index contributed by atoms with van der Waals surface area (Å²) in [6.07, 6.45) is 0. The Morgan fingerprint density at radius 3 is 2.67 bits per heavy atom. The summed E-state index contributed by atoms with van der Waals surface area (Å²) < 4.78 is 11.7. The van der Waals surface area contributed by atoms with Gasteiger partial charge >= 0.3 is 5.76 Å². The molecule has 1 aromatic heterocycles. The number of halogens is 1. The summed E-state index contributed by atoms with van der Waals surface area (Å²) in [4.78, 5) is 12.1. The molecule has 0 N–H and O–H groups in total. The third-order valence-corrected chi connectivity index (χ3v) is 3.83. The van der Waals surface area contributed by atoms with Crippen LogP contribution in [0.2, 0.25) is 5.02 Å². The predicted molar refractivity (Wildman–Crippen MR) is 87.4 cm³/mol. The first-order valence-electron chi connectivity index (χ1n) is 6.93. The van der Waals surface area contributed by atoms with Gasteiger partial charge in [-0.1, -0.05) is 11.1 Å². The minimum atomic E-state index is -0.575. The molecule has 5 nitrogen and oxygen atoms in total. The van der Waals surface area contributed by atoms with Gasteiger partial charge in [0.15, 0.2) is 0 Å². The Morgan fingerprint density at radius 2 is 2.00 bits per heavy atom. The largest absolute Gasteiger partial charge is 0.553 e. The molecule has 0 atom stereocenters. The Hall–Kier alpha value is -1.43. The summed E-state index contributed by atoms with van der Waals surface area (Å²) in [5, 5.41) is 4.63. The Labute approximate surface area is 169 Å². The summed E-state index contributed by atoms with van der Waals surface area (Å²) in [6.45, 7) is 3.98. The number of rotatable bonds is 3. The summed E-state index contributed by atoms with van der Waals surface area (Å²) in [5.74, 6) is 0.0399. The van der Waals surface area contributed by atoms with Crippen molar-refractivity contribution >= 4 is 11.6 Å². The summed E-state index contributed by atoms with van der Waals surface area (Å²) in [6, 6.07) is 11.6. The Balaban J connectivity index is 0.00000208. The van der Waals surface area contributed by atoms with E-state index in [-0.39, 0.29) is 38.6 Å². The predicted octanol–water partition coefficient (Wildman–Crippen LogP) is 3.57. The molecule has 0 saturated heterocycles. The quantitative estimate of drug-likeness (QED) is 0.610. The van der Waals surface area contributed by atoms with E-state index in [1.807, 2.05) is 32.0 Å². The average molecular weight is 419 g/mol. The Bertz CT molecular complexity index is 934. The normalized spacial score (nSPS) is 10.3. The van der Waals surface area contributed by atoms with Crippen molar-refractivity contribution in [1.29, 1.82) is 0 Å². The van der Waals surface area contributed by atoms with Crippen molar-refractivity contribution in [2.75, 3.05) is 7.11 Å². The van der Waals surface area contributed by atoms with Crippen LogP contribution in [0, 0.1) is 19.9 Å². The first-order chi connectivity index (χ1) is 11.0. The molecule has 3 aromatic rings. The van der Waals surface area contributed by atoms with Gasteiger partial charge < -0.3 is 9.15 Å². The van der Waals surface area contributed by atoms with Crippen molar-refractivity contribution in [2.24, 2.45) is 0 Å². The maximum absolute atomic E-state index is 12.1. The van der Waals surface area contributed by atoms with Gasteiger partial charge in [-0.15, -0.1) is 28.8 Å². The first kappa shape index (κ1) is 18.9. The maximum atomic E-state index is 12.1. The van der Waals surface area contributed by atoms with Gasteiger partial charge in [-0.3, -0.25) is 0 Å². The van der Waals surface area contributed by atoms with Gasteiger partial charge in [-0.2, -0.15) is 10.7 Å². The standard InChI is InChI=1S/C17H14ClN2O3.Y/c1-10-4-6-13(8-11(10)2)20-17(21)23-16(19-20)14-9-12(18)5-7-15(14)22-3;/h4,6-9H,1-3H3;/q-1;. The molecular weight excluding hydrogens is 405 g/mol. The first-order valence-corrected chi connectivity index (χ1v) is 7.31. The molecule has 0 aliphatic rings. The summed E-state index contributed by atoms with van der Waals surface area (Å²) in [7, 11) is 1.51. The molecule has 0 aliphatic carbocycles. The zero-order chi connectivity index (χ0) is 16.6. The van der Waals surface area contributed by atoms with E-state index in [0.717, 1.165) is 11.1 Å². The molecule has 0 amide bonds. The maximum Gasteiger partial charge on any atom is 0.442 e. The summed E-state index contributed by atoms with van der Waals surface area (Å²) in [5.41, 5.74) is 3.34. The van der Waals surface area contributed by atoms with Crippen LogP contribution < -0.4 is 10.5 Å². The van der Waals surface area contributed by atoms with Gasteiger partial charge in [-0.25, -0.2) is 4.79 Å². The van der Waals surface area contributed by atoms with Crippen LogP contribution in [0.25, 0.3) is 17.1 Å². The second-order valence-corrected chi connectivity index (χ2v) is 5.52. The molecule has 1 radical (unpaired) electrons. The SMILES string of the molecule is COc1c[c-]c(Cl)cc1-c1nn(-c2ccc(C)c(C)c2)c(=O)o1.[Y]. The third-order valence-electron chi connectivity index (χ3n) is 3.61. The number of hydrogen-bond donors (Lipinski definition) is 0. The van der Waals surface area contributed by atoms with E-state index in [1.54, 1.807) is 12.1 Å². The Morgan fingerprint density at radius 1 is 1.25 bits per heavy atom.